The molecule has 1 aromatic carbocycles. The third kappa shape index (κ3) is 2.88. The van der Waals surface area contributed by atoms with Gasteiger partial charge in [0.05, 0.1) is 4.92 Å². The summed E-state index contributed by atoms with van der Waals surface area (Å²) < 4.78 is 0. The minimum absolute atomic E-state index is 0.000697. The second-order valence-corrected chi connectivity index (χ2v) is 2.94. The highest BCUT2D eigenvalue weighted by Crippen LogP contribution is 2.16. The molecule has 0 atom stereocenters. The van der Waals surface area contributed by atoms with Crippen LogP contribution in [0, 0.1) is 10.1 Å². The van der Waals surface area contributed by atoms with Gasteiger partial charge in [-0.05, 0) is 12.5 Å². The molecule has 1 rings (SSSR count). The van der Waals surface area contributed by atoms with E-state index in [9.17, 15) is 14.9 Å². The number of hydrogen-bond acceptors (Lipinski definition) is 4. The average molecular weight is 221 g/mol. The zero-order valence-corrected chi connectivity index (χ0v) is 8.71. The van der Waals surface area contributed by atoms with Crippen LogP contribution in [0.2, 0.25) is 0 Å². The number of para-hydroxylation sites is 1. The van der Waals surface area contributed by atoms with Gasteiger partial charge >= 0.3 is 0 Å². The molecule has 0 aliphatic carbocycles. The number of carbonyl (C=O) groups excluding carboxylic acids is 1. The Bertz CT molecular complexity index is 429. The summed E-state index contributed by atoms with van der Waals surface area (Å²) in [7, 11) is 0. The molecule has 0 fully saturated rings. The first-order valence-corrected chi connectivity index (χ1v) is 4.72. The summed E-state index contributed by atoms with van der Waals surface area (Å²) in [6.45, 7) is 1.86. The van der Waals surface area contributed by atoms with Crippen LogP contribution < -0.4 is 5.43 Å². The maximum atomic E-state index is 11.5. The summed E-state index contributed by atoms with van der Waals surface area (Å²) in [6.07, 6.45) is 2.18. The first-order valence-electron chi connectivity index (χ1n) is 4.72. The zero-order valence-electron chi connectivity index (χ0n) is 8.71. The van der Waals surface area contributed by atoms with Crippen molar-refractivity contribution in [3.8, 4) is 0 Å². The molecule has 1 N–H and O–H groups in total. The number of nitro groups is 1. The van der Waals surface area contributed by atoms with Gasteiger partial charge in [-0.2, -0.15) is 5.10 Å². The van der Waals surface area contributed by atoms with Crippen molar-refractivity contribution in [3.05, 3.63) is 39.9 Å². The van der Waals surface area contributed by atoms with Gasteiger partial charge in [0.15, 0.2) is 0 Å². The van der Waals surface area contributed by atoms with E-state index in [2.05, 4.69) is 10.5 Å². The Morgan fingerprint density at radius 2 is 2.25 bits per heavy atom. The van der Waals surface area contributed by atoms with Crippen LogP contribution in [0.5, 0.6) is 0 Å². The van der Waals surface area contributed by atoms with Crippen molar-refractivity contribution in [2.75, 3.05) is 0 Å². The monoisotopic (exact) mass is 221 g/mol. The molecule has 6 heteroatoms. The Morgan fingerprint density at radius 1 is 1.56 bits per heavy atom. The van der Waals surface area contributed by atoms with Gasteiger partial charge in [-0.1, -0.05) is 19.1 Å². The molecule has 0 spiro atoms. The third-order valence-electron chi connectivity index (χ3n) is 1.79. The lowest BCUT2D eigenvalue weighted by Crippen LogP contribution is -2.18. The number of nitro benzene ring substituents is 1. The first kappa shape index (κ1) is 11.8. The summed E-state index contributed by atoms with van der Waals surface area (Å²) in [5, 5.41) is 14.3. The highest BCUT2D eigenvalue weighted by molar-refractivity contribution is 5.98. The first-order chi connectivity index (χ1) is 7.66. The number of amides is 1. The van der Waals surface area contributed by atoms with Crippen LogP contribution in [0.4, 0.5) is 5.69 Å². The molecule has 0 unspecified atom stereocenters. The smallest absolute Gasteiger partial charge is 0.267 e. The summed E-state index contributed by atoms with van der Waals surface area (Å²) in [4.78, 5) is 21.6. The van der Waals surface area contributed by atoms with E-state index in [4.69, 9.17) is 0 Å². The van der Waals surface area contributed by atoms with Crippen molar-refractivity contribution in [2.45, 2.75) is 13.3 Å². The Morgan fingerprint density at radius 3 is 2.88 bits per heavy atom. The van der Waals surface area contributed by atoms with Gasteiger partial charge in [0.25, 0.3) is 11.6 Å². The molecule has 0 aliphatic heterocycles. The quantitative estimate of drug-likeness (QED) is 0.477. The molecule has 0 bridgehead atoms. The van der Waals surface area contributed by atoms with E-state index in [1.165, 1.54) is 24.4 Å². The van der Waals surface area contributed by atoms with Gasteiger partial charge in [0, 0.05) is 12.3 Å². The Balaban J connectivity index is 2.90. The van der Waals surface area contributed by atoms with Crippen molar-refractivity contribution in [1.82, 2.24) is 5.43 Å². The maximum absolute atomic E-state index is 11.5. The molecule has 0 saturated heterocycles. The molecule has 0 aliphatic rings. The van der Waals surface area contributed by atoms with Crippen molar-refractivity contribution < 1.29 is 9.72 Å². The lowest BCUT2D eigenvalue weighted by atomic mass is 10.2. The van der Waals surface area contributed by atoms with Gasteiger partial charge in [0.2, 0.25) is 0 Å². The van der Waals surface area contributed by atoms with Gasteiger partial charge in [-0.15, -0.1) is 0 Å². The van der Waals surface area contributed by atoms with E-state index in [-0.39, 0.29) is 11.3 Å². The van der Waals surface area contributed by atoms with E-state index >= 15 is 0 Å². The van der Waals surface area contributed by atoms with Crippen LogP contribution in [0.15, 0.2) is 29.4 Å². The Hall–Kier alpha value is -2.24. The van der Waals surface area contributed by atoms with Gasteiger partial charge in [-0.25, -0.2) is 5.43 Å². The molecule has 0 radical (unpaired) electrons. The molecule has 0 heterocycles. The molecular formula is C10H11N3O3. The molecule has 84 valence electrons. The van der Waals surface area contributed by atoms with Crippen LogP contribution in [0.1, 0.15) is 23.7 Å². The Kier molecular flexibility index (Phi) is 4.14. The highest BCUT2D eigenvalue weighted by atomic mass is 16.6. The molecule has 16 heavy (non-hydrogen) atoms. The highest BCUT2D eigenvalue weighted by Gasteiger charge is 2.18. The molecule has 1 amide bonds. The number of nitrogens with zero attached hydrogens (tertiary/aromatic N) is 2. The van der Waals surface area contributed by atoms with E-state index in [0.717, 1.165) is 0 Å². The van der Waals surface area contributed by atoms with Crippen molar-refractivity contribution in [2.24, 2.45) is 5.10 Å². The number of benzene rings is 1. The minimum atomic E-state index is -0.599. The van der Waals surface area contributed by atoms with Gasteiger partial charge < -0.3 is 0 Å². The van der Waals surface area contributed by atoms with E-state index < -0.39 is 10.8 Å². The number of nitrogens with one attached hydrogen (secondary N) is 1. The lowest BCUT2D eigenvalue weighted by Gasteiger charge is -2.00. The SMILES string of the molecule is CC/C=N\NC(=O)c1ccccc1[N+](=O)[O-]. The Labute approximate surface area is 92.1 Å². The summed E-state index contributed by atoms with van der Waals surface area (Å²) in [5.41, 5.74) is 1.99. The lowest BCUT2D eigenvalue weighted by molar-refractivity contribution is -0.385. The van der Waals surface area contributed by atoms with Gasteiger partial charge in [0.1, 0.15) is 5.56 Å². The third-order valence-corrected chi connectivity index (χ3v) is 1.79. The van der Waals surface area contributed by atoms with E-state index in [1.807, 2.05) is 6.92 Å². The van der Waals surface area contributed by atoms with E-state index in [0.29, 0.717) is 6.42 Å². The summed E-state index contributed by atoms with van der Waals surface area (Å²) >= 11 is 0. The topological polar surface area (TPSA) is 84.6 Å². The predicted molar refractivity (Wildman–Crippen MR) is 59.3 cm³/mol. The average Bonchev–Trinajstić information content (AvgIpc) is 2.29. The standard InChI is InChI=1S/C10H11N3O3/c1-2-7-11-12-10(14)8-5-3-4-6-9(8)13(15)16/h3-7H,2H2,1H3,(H,12,14)/b11-7-. The van der Waals surface area contributed by atoms with Crippen LogP contribution in [0.3, 0.4) is 0 Å². The second-order valence-electron chi connectivity index (χ2n) is 2.94. The van der Waals surface area contributed by atoms with Crippen LogP contribution in [0.25, 0.3) is 0 Å². The minimum Gasteiger partial charge on any atom is -0.267 e. The second kappa shape index (κ2) is 5.59. The maximum Gasteiger partial charge on any atom is 0.282 e. The normalized spacial score (nSPS) is 10.3. The van der Waals surface area contributed by atoms with Crippen LogP contribution in [-0.2, 0) is 0 Å². The molecular weight excluding hydrogens is 210 g/mol. The molecule has 1 aromatic rings. The number of hydrogen-bond donors (Lipinski definition) is 1. The van der Waals surface area contributed by atoms with Crippen molar-refractivity contribution >= 4 is 17.8 Å². The zero-order chi connectivity index (χ0) is 12.0. The fraction of sp³-hybridized carbons (Fsp3) is 0.200. The van der Waals surface area contributed by atoms with Crippen molar-refractivity contribution in [1.29, 1.82) is 0 Å². The van der Waals surface area contributed by atoms with E-state index in [1.54, 1.807) is 6.07 Å². The number of hydrazone groups is 1. The number of rotatable bonds is 4. The van der Waals surface area contributed by atoms with Crippen LogP contribution >= 0.6 is 0 Å². The summed E-state index contributed by atoms with van der Waals surface area (Å²) in [5.74, 6) is -0.586. The molecule has 6 nitrogen and oxygen atoms in total. The summed E-state index contributed by atoms with van der Waals surface area (Å²) in [6, 6.07) is 5.73. The molecule has 0 saturated carbocycles. The number of carbonyl (C=O) groups is 1. The fourth-order valence-corrected chi connectivity index (χ4v) is 1.08. The fourth-order valence-electron chi connectivity index (χ4n) is 1.08. The predicted octanol–water partition coefficient (Wildman–Crippen LogP) is 1.72. The van der Waals surface area contributed by atoms with Gasteiger partial charge in [-0.3, -0.25) is 14.9 Å². The van der Waals surface area contributed by atoms with Crippen molar-refractivity contribution in [3.63, 3.8) is 0 Å². The molecule has 0 aromatic heterocycles. The largest absolute Gasteiger partial charge is 0.282 e. The van der Waals surface area contributed by atoms with Crippen LogP contribution in [-0.4, -0.2) is 17.0 Å².